The highest BCUT2D eigenvalue weighted by molar-refractivity contribution is 7.85. The van der Waals surface area contributed by atoms with Gasteiger partial charge in [0, 0.05) is 26.4 Å². The lowest BCUT2D eigenvalue weighted by Crippen LogP contribution is -2.42. The van der Waals surface area contributed by atoms with E-state index in [1.54, 1.807) is 0 Å². The monoisotopic (exact) mass is 267 g/mol. The van der Waals surface area contributed by atoms with Gasteiger partial charge in [0.2, 0.25) is 5.91 Å². The minimum atomic E-state index is -4.36. The molecule has 0 fully saturated rings. The quantitative estimate of drug-likeness (QED) is 0.367. The van der Waals surface area contributed by atoms with E-state index in [0.29, 0.717) is 0 Å². The molecule has 0 heterocycles. The van der Waals surface area contributed by atoms with Crippen LogP contribution in [0.15, 0.2) is 0 Å². The molecule has 9 heteroatoms. The number of carboxylic acid groups (broad SMARTS) is 1. The summed E-state index contributed by atoms with van der Waals surface area (Å²) >= 11 is 0. The third-order valence-corrected chi connectivity index (χ3v) is 2.36. The van der Waals surface area contributed by atoms with Crippen molar-refractivity contribution < 1.29 is 27.7 Å². The predicted octanol–water partition coefficient (Wildman–Crippen LogP) is -3.04. The third-order valence-electron chi connectivity index (χ3n) is 1.66. The van der Waals surface area contributed by atoms with Crippen LogP contribution in [0.4, 0.5) is 0 Å². The summed E-state index contributed by atoms with van der Waals surface area (Å²) in [5, 5.41) is 12.3. The highest BCUT2D eigenvalue weighted by atomic mass is 32.2. The molecule has 0 aromatic rings. The summed E-state index contributed by atoms with van der Waals surface area (Å²) in [4.78, 5) is 21.1. The second-order valence-corrected chi connectivity index (χ2v) is 4.60. The van der Waals surface area contributed by atoms with E-state index in [4.69, 9.17) is 5.73 Å². The zero-order chi connectivity index (χ0) is 12.8. The van der Waals surface area contributed by atoms with E-state index in [0.717, 1.165) is 0 Å². The molecule has 1 atom stereocenters. The number of carbonyl (C=O) groups is 2. The van der Waals surface area contributed by atoms with E-state index in [-0.39, 0.29) is 26.8 Å². The van der Waals surface area contributed by atoms with E-state index in [9.17, 15) is 27.7 Å². The minimum absolute atomic E-state index is 0. The second kappa shape index (κ2) is 7.87. The molecule has 0 aliphatic rings. The smallest absolute Gasteiger partial charge is 0.220 e. The molecular formula is C8H15N2O6S-. The first kappa shape index (κ1) is 18.1. The molecule has 1 unspecified atom stereocenters. The van der Waals surface area contributed by atoms with Gasteiger partial charge in [0.25, 0.3) is 0 Å². The molecule has 1 amide bonds. The van der Waals surface area contributed by atoms with Gasteiger partial charge in [-0.05, 0) is 6.42 Å². The number of carbonyl (C=O) groups excluding carboxylic acids is 2. The van der Waals surface area contributed by atoms with Crippen LogP contribution in [0.2, 0.25) is 0 Å². The number of amides is 1. The highest BCUT2D eigenvalue weighted by Gasteiger charge is 2.07. The fraction of sp³-hybridized carbons (Fsp3) is 0.625. The number of nitrogens with one attached hydrogen (secondary N) is 1. The summed E-state index contributed by atoms with van der Waals surface area (Å²) in [7, 11) is -4.36. The fourth-order valence-electron chi connectivity index (χ4n) is 0.808. The number of hydrogen-bond donors (Lipinski definition) is 2. The van der Waals surface area contributed by atoms with Crippen molar-refractivity contribution >= 4 is 22.0 Å². The summed E-state index contributed by atoms with van der Waals surface area (Å²) in [6, 6.07) is -1.24. The van der Waals surface area contributed by atoms with E-state index >= 15 is 0 Å². The minimum Gasteiger partial charge on any atom is -0.748 e. The Morgan fingerprint density at radius 3 is 2.29 bits per heavy atom. The number of hydrogen-bond acceptors (Lipinski definition) is 7. The average Bonchev–Trinajstić information content (AvgIpc) is 2.11. The molecule has 0 aromatic heterocycles. The van der Waals surface area contributed by atoms with Crippen molar-refractivity contribution in [3.8, 4) is 0 Å². The van der Waals surface area contributed by atoms with Crippen molar-refractivity contribution in [1.29, 1.82) is 0 Å². The van der Waals surface area contributed by atoms with E-state index in [1.165, 1.54) is 0 Å². The van der Waals surface area contributed by atoms with Crippen molar-refractivity contribution in [2.45, 2.75) is 18.9 Å². The van der Waals surface area contributed by atoms with Crippen molar-refractivity contribution in [2.75, 3.05) is 12.3 Å². The maximum atomic E-state index is 11.0. The fourth-order valence-corrected chi connectivity index (χ4v) is 1.16. The number of aliphatic carboxylic acids is 1. The van der Waals surface area contributed by atoms with Gasteiger partial charge in [0.1, 0.15) is 0 Å². The predicted molar refractivity (Wildman–Crippen MR) is 56.2 cm³/mol. The molecule has 0 spiro atoms. The van der Waals surface area contributed by atoms with Crippen LogP contribution < -0.4 is 16.2 Å². The first-order valence-electron chi connectivity index (χ1n) is 4.39. The molecule has 0 saturated carbocycles. The van der Waals surface area contributed by atoms with E-state index in [2.05, 4.69) is 5.32 Å². The van der Waals surface area contributed by atoms with Gasteiger partial charge in [-0.25, -0.2) is 8.42 Å². The first-order chi connectivity index (χ1) is 7.22. The Morgan fingerprint density at radius 1 is 1.35 bits per heavy atom. The summed E-state index contributed by atoms with van der Waals surface area (Å²) in [5.41, 5.74) is 5.07. The number of rotatable bonds is 7. The molecule has 0 aliphatic heterocycles. The zero-order valence-electron chi connectivity index (χ0n) is 9.34. The van der Waals surface area contributed by atoms with Crippen LogP contribution in [0.3, 0.4) is 0 Å². The largest absolute Gasteiger partial charge is 0.748 e. The molecule has 17 heavy (non-hydrogen) atoms. The van der Waals surface area contributed by atoms with E-state index < -0.39 is 33.8 Å². The molecular weight excluding hydrogens is 252 g/mol. The molecule has 0 bridgehead atoms. The molecule has 100 valence electrons. The molecule has 0 radical (unpaired) electrons. The maximum absolute atomic E-state index is 11.0. The van der Waals surface area contributed by atoms with Gasteiger partial charge in [-0.2, -0.15) is 0 Å². The first-order valence-corrected chi connectivity index (χ1v) is 5.97. The Labute approximate surface area is 99.9 Å². The highest BCUT2D eigenvalue weighted by Crippen LogP contribution is 1.93. The summed E-state index contributed by atoms with van der Waals surface area (Å²) in [6.45, 7) is -0.300. The van der Waals surface area contributed by atoms with Crippen molar-refractivity contribution in [3.05, 3.63) is 7.43 Å². The Kier molecular flexibility index (Phi) is 8.36. The van der Waals surface area contributed by atoms with Crippen LogP contribution in [0.5, 0.6) is 0 Å². The van der Waals surface area contributed by atoms with E-state index in [1.807, 2.05) is 0 Å². The van der Waals surface area contributed by atoms with Crippen LogP contribution >= 0.6 is 0 Å². The van der Waals surface area contributed by atoms with Gasteiger partial charge in [-0.15, -0.1) is 0 Å². The van der Waals surface area contributed by atoms with Crippen LogP contribution in [0, 0.1) is 7.43 Å². The Hall–Kier alpha value is -1.32. The Morgan fingerprint density at radius 2 is 1.88 bits per heavy atom. The lowest BCUT2D eigenvalue weighted by Gasteiger charge is -2.12. The number of nitrogens with two attached hydrogens (primary N) is 1. The van der Waals surface area contributed by atoms with Gasteiger partial charge < -0.3 is 25.5 Å². The normalized spacial score (nSPS) is 12.4. The standard InChI is InChI=1S/C7H14N2O6S.CH3/c8-5(7(11)12)1-2-6(10)9-3-4-16(13,14)15;/h5H,1-4,8H2,(H,9,10)(H,11,12)(H,13,14,15);1H3/q;+1/p-2. The van der Waals surface area contributed by atoms with Crippen LogP contribution in [-0.2, 0) is 19.7 Å². The van der Waals surface area contributed by atoms with Gasteiger partial charge in [-0.1, -0.05) is 0 Å². The average molecular weight is 267 g/mol. The molecule has 0 saturated heterocycles. The zero-order valence-corrected chi connectivity index (χ0v) is 10.2. The molecule has 0 aromatic carbocycles. The Balaban J connectivity index is 0. The van der Waals surface area contributed by atoms with Crippen LogP contribution in [0.25, 0.3) is 0 Å². The van der Waals surface area contributed by atoms with Crippen molar-refractivity contribution in [2.24, 2.45) is 5.73 Å². The molecule has 8 nitrogen and oxygen atoms in total. The SMILES string of the molecule is NC(CCC(=O)NCCS(=O)(=O)[O-])C(=O)[O-].[CH3+]. The third kappa shape index (κ3) is 11.0. The van der Waals surface area contributed by atoms with Crippen LogP contribution in [-0.4, -0.2) is 43.2 Å². The maximum Gasteiger partial charge on any atom is 0.220 e. The number of carboxylic acids is 1. The van der Waals surface area contributed by atoms with Crippen molar-refractivity contribution in [3.63, 3.8) is 0 Å². The lowest BCUT2D eigenvalue weighted by atomic mass is 10.1. The Bertz CT molecular complexity index is 353. The lowest BCUT2D eigenvalue weighted by molar-refractivity contribution is -0.307. The van der Waals surface area contributed by atoms with Crippen LogP contribution in [0.1, 0.15) is 12.8 Å². The molecule has 0 aliphatic carbocycles. The molecule has 3 N–H and O–H groups in total. The van der Waals surface area contributed by atoms with Gasteiger partial charge >= 0.3 is 0 Å². The summed E-state index contributed by atoms with van der Waals surface area (Å²) in [6.07, 6.45) is -0.285. The second-order valence-electron chi connectivity index (χ2n) is 3.08. The van der Waals surface area contributed by atoms with Gasteiger partial charge in [0.05, 0.1) is 21.8 Å². The summed E-state index contributed by atoms with van der Waals surface area (Å²) < 4.78 is 30.5. The van der Waals surface area contributed by atoms with Crippen molar-refractivity contribution in [1.82, 2.24) is 5.32 Å². The molecule has 0 rings (SSSR count). The van der Waals surface area contributed by atoms with Gasteiger partial charge in [-0.3, -0.25) is 4.79 Å². The summed E-state index contributed by atoms with van der Waals surface area (Å²) in [5.74, 6) is -2.74. The van der Waals surface area contributed by atoms with Gasteiger partial charge in [0.15, 0.2) is 0 Å². The topological polar surface area (TPSA) is 152 Å².